The maximum atomic E-state index is 5.28. The second-order valence-corrected chi connectivity index (χ2v) is 16.9. The summed E-state index contributed by atoms with van der Waals surface area (Å²) in [5, 5.41) is 4.51. The molecule has 0 N–H and O–H groups in total. The lowest BCUT2D eigenvalue weighted by atomic mass is 10.0. The largest absolute Gasteiger partial charge is 0.307 e. The van der Waals surface area contributed by atoms with E-state index >= 15 is 0 Å². The Labute approximate surface area is 392 Å². The van der Waals surface area contributed by atoms with E-state index in [1.807, 2.05) is 72.8 Å². The molecule has 0 saturated heterocycles. The molecule has 318 valence electrons. The third-order valence-corrected chi connectivity index (χ3v) is 12.8. The number of hydrogen-bond donors (Lipinski definition) is 0. The van der Waals surface area contributed by atoms with Crippen molar-refractivity contribution >= 4 is 43.6 Å². The fourth-order valence-corrected chi connectivity index (χ4v) is 9.60. The van der Waals surface area contributed by atoms with Crippen molar-refractivity contribution in [2.45, 2.75) is 0 Å². The predicted octanol–water partition coefficient (Wildman–Crippen LogP) is 14.9. The first-order chi connectivity index (χ1) is 33.7. The van der Waals surface area contributed by atoms with Gasteiger partial charge >= 0.3 is 0 Å². The van der Waals surface area contributed by atoms with Crippen molar-refractivity contribution in [3.63, 3.8) is 0 Å². The van der Waals surface area contributed by atoms with Crippen LogP contribution in [0.15, 0.2) is 237 Å². The van der Waals surface area contributed by atoms with E-state index in [1.54, 1.807) is 0 Å². The second-order valence-electron chi connectivity index (χ2n) is 16.9. The van der Waals surface area contributed by atoms with Crippen molar-refractivity contribution in [3.8, 4) is 79.4 Å². The molecule has 0 aliphatic carbocycles. The Balaban J connectivity index is 1.02. The molecule has 13 aromatic rings. The van der Waals surface area contributed by atoms with Gasteiger partial charge in [-0.2, -0.15) is 9.97 Å². The van der Waals surface area contributed by atoms with Crippen LogP contribution >= 0.6 is 0 Å². The number of rotatable bonds is 8. The Morgan fingerprint density at radius 3 is 1.25 bits per heavy atom. The van der Waals surface area contributed by atoms with Crippen LogP contribution in [0.3, 0.4) is 0 Å². The quantitative estimate of drug-likeness (QED) is 0.152. The van der Waals surface area contributed by atoms with Gasteiger partial charge in [0.2, 0.25) is 5.95 Å². The van der Waals surface area contributed by atoms with Gasteiger partial charge in [0.15, 0.2) is 17.5 Å². The SMILES string of the molecule is c1ccc(-c2cccc(-c3nc(-c4ccccc4)cc(-c4ccc(-n5c6ccccc6c6ccc7c8ccccc8n(-c8nc(-c9ccccc9)nc(-c9ccccc9)n8)c7c65)cc4)n3)c2)cc1. The van der Waals surface area contributed by atoms with Gasteiger partial charge in [0.1, 0.15) is 0 Å². The molecule has 0 radical (unpaired) electrons. The second kappa shape index (κ2) is 16.3. The van der Waals surface area contributed by atoms with Crippen LogP contribution in [0.2, 0.25) is 0 Å². The third kappa shape index (κ3) is 6.72. The molecule has 4 aromatic heterocycles. The van der Waals surface area contributed by atoms with Crippen LogP contribution in [-0.4, -0.2) is 34.1 Å². The van der Waals surface area contributed by atoms with Crippen LogP contribution in [0.25, 0.3) is 123 Å². The van der Waals surface area contributed by atoms with Crippen molar-refractivity contribution in [1.82, 2.24) is 34.1 Å². The summed E-state index contributed by atoms with van der Waals surface area (Å²) in [6, 6.07) is 82.1. The first-order valence-corrected chi connectivity index (χ1v) is 22.8. The van der Waals surface area contributed by atoms with Crippen molar-refractivity contribution in [1.29, 1.82) is 0 Å². The lowest BCUT2D eigenvalue weighted by molar-refractivity contribution is 0.953. The molecule has 0 amide bonds. The summed E-state index contributed by atoms with van der Waals surface area (Å²) in [4.78, 5) is 26.0. The zero-order chi connectivity index (χ0) is 45.0. The highest BCUT2D eigenvalue weighted by atomic mass is 15.2. The molecule has 7 nitrogen and oxygen atoms in total. The summed E-state index contributed by atoms with van der Waals surface area (Å²) in [5.74, 6) is 2.43. The number of aromatic nitrogens is 7. The van der Waals surface area contributed by atoms with Crippen molar-refractivity contribution < 1.29 is 0 Å². The van der Waals surface area contributed by atoms with Crippen LogP contribution in [0.5, 0.6) is 0 Å². The molecule has 0 atom stereocenters. The summed E-state index contributed by atoms with van der Waals surface area (Å²) in [7, 11) is 0. The number of hydrogen-bond acceptors (Lipinski definition) is 5. The van der Waals surface area contributed by atoms with Gasteiger partial charge in [-0.05, 0) is 47.5 Å². The summed E-state index contributed by atoms with van der Waals surface area (Å²) in [6.45, 7) is 0. The molecular formula is C61H39N7. The number of fused-ring (bicyclic) bond motifs is 7. The first-order valence-electron chi connectivity index (χ1n) is 22.8. The minimum atomic E-state index is 0.548. The number of benzene rings is 9. The number of nitrogens with zero attached hydrogens (tertiary/aromatic N) is 7. The fourth-order valence-electron chi connectivity index (χ4n) is 9.60. The van der Waals surface area contributed by atoms with E-state index in [-0.39, 0.29) is 0 Å². The lowest BCUT2D eigenvalue weighted by Crippen LogP contribution is -2.07. The minimum Gasteiger partial charge on any atom is -0.307 e. The Morgan fingerprint density at radius 1 is 0.250 bits per heavy atom. The standard InChI is InChI=1S/C61H39N7/c1-5-18-40(19-6-1)45-26-17-27-46(38-45)60-62-52(41-20-7-2-8-21-41)39-53(63-60)42-32-34-47(35-33-42)67-54-30-15-13-28-48(54)50-36-37-51-49-29-14-16-31-55(49)68(57(51)56(50)67)61-65-58(43-22-9-3-10-23-43)64-59(66-61)44-24-11-4-12-25-44/h1-39H. The van der Waals surface area contributed by atoms with E-state index in [0.29, 0.717) is 23.4 Å². The van der Waals surface area contributed by atoms with Gasteiger partial charge in [0, 0.05) is 55.0 Å². The summed E-state index contributed by atoms with van der Waals surface area (Å²) < 4.78 is 4.62. The van der Waals surface area contributed by atoms with E-state index in [0.717, 1.165) is 99.6 Å². The Bertz CT molecular complexity index is 3940. The van der Waals surface area contributed by atoms with Crippen molar-refractivity contribution in [3.05, 3.63) is 237 Å². The molecule has 13 rings (SSSR count). The Kier molecular flexibility index (Phi) is 9.35. The number of para-hydroxylation sites is 2. The van der Waals surface area contributed by atoms with Crippen LogP contribution < -0.4 is 0 Å². The Hall–Kier alpha value is -9.33. The molecule has 0 fully saturated rings. The summed E-state index contributed by atoms with van der Waals surface area (Å²) in [6.07, 6.45) is 0. The average molecular weight is 870 g/mol. The van der Waals surface area contributed by atoms with E-state index in [4.69, 9.17) is 24.9 Å². The molecule has 4 heterocycles. The van der Waals surface area contributed by atoms with E-state index in [2.05, 4.69) is 173 Å². The predicted molar refractivity (Wildman–Crippen MR) is 277 cm³/mol. The molecule has 0 spiro atoms. The van der Waals surface area contributed by atoms with Gasteiger partial charge in [-0.1, -0.05) is 200 Å². The van der Waals surface area contributed by atoms with Gasteiger partial charge < -0.3 is 4.57 Å². The van der Waals surface area contributed by atoms with Gasteiger partial charge in [-0.15, -0.1) is 0 Å². The topological polar surface area (TPSA) is 74.3 Å². The normalized spacial score (nSPS) is 11.5. The van der Waals surface area contributed by atoms with Gasteiger partial charge in [-0.3, -0.25) is 4.57 Å². The molecule has 0 aliphatic rings. The van der Waals surface area contributed by atoms with Gasteiger partial charge in [0.25, 0.3) is 0 Å². The lowest BCUT2D eigenvalue weighted by Gasteiger charge is -2.14. The molecular weight excluding hydrogens is 831 g/mol. The molecule has 7 heteroatoms. The maximum absolute atomic E-state index is 5.28. The monoisotopic (exact) mass is 869 g/mol. The summed E-state index contributed by atoms with van der Waals surface area (Å²) >= 11 is 0. The fraction of sp³-hybridized carbons (Fsp3) is 0. The molecule has 9 aromatic carbocycles. The molecule has 0 aliphatic heterocycles. The smallest absolute Gasteiger partial charge is 0.238 e. The molecule has 0 bridgehead atoms. The van der Waals surface area contributed by atoms with Gasteiger partial charge in [-0.25, -0.2) is 15.0 Å². The van der Waals surface area contributed by atoms with E-state index < -0.39 is 0 Å². The Morgan fingerprint density at radius 2 is 0.676 bits per heavy atom. The summed E-state index contributed by atoms with van der Waals surface area (Å²) in [5.41, 5.74) is 14.0. The first kappa shape index (κ1) is 39.1. The highest BCUT2D eigenvalue weighted by Gasteiger charge is 2.24. The third-order valence-electron chi connectivity index (χ3n) is 12.8. The van der Waals surface area contributed by atoms with Crippen LogP contribution in [0.4, 0.5) is 0 Å². The molecule has 0 saturated carbocycles. The van der Waals surface area contributed by atoms with Crippen LogP contribution in [-0.2, 0) is 0 Å². The van der Waals surface area contributed by atoms with E-state index in [1.165, 1.54) is 0 Å². The van der Waals surface area contributed by atoms with E-state index in [9.17, 15) is 0 Å². The van der Waals surface area contributed by atoms with Crippen molar-refractivity contribution in [2.24, 2.45) is 0 Å². The molecule has 68 heavy (non-hydrogen) atoms. The van der Waals surface area contributed by atoms with Crippen LogP contribution in [0, 0.1) is 0 Å². The van der Waals surface area contributed by atoms with Crippen LogP contribution in [0.1, 0.15) is 0 Å². The highest BCUT2D eigenvalue weighted by Crippen LogP contribution is 2.42. The maximum Gasteiger partial charge on any atom is 0.238 e. The molecule has 0 unspecified atom stereocenters. The van der Waals surface area contributed by atoms with Crippen molar-refractivity contribution in [2.75, 3.05) is 0 Å². The minimum absolute atomic E-state index is 0.548. The average Bonchev–Trinajstić information content (AvgIpc) is 3.95. The zero-order valence-electron chi connectivity index (χ0n) is 36.6. The zero-order valence-corrected chi connectivity index (χ0v) is 36.6. The highest BCUT2D eigenvalue weighted by molar-refractivity contribution is 6.23. The van der Waals surface area contributed by atoms with Gasteiger partial charge in [0.05, 0.1) is 33.5 Å².